The van der Waals surface area contributed by atoms with Crippen LogP contribution in [0, 0.1) is 0 Å². The van der Waals surface area contributed by atoms with Crippen molar-refractivity contribution in [3.05, 3.63) is 78.9 Å². The van der Waals surface area contributed by atoms with Gasteiger partial charge in [-0.3, -0.25) is 4.79 Å². The topological polar surface area (TPSA) is 94.2 Å². The highest BCUT2D eigenvalue weighted by Crippen LogP contribution is 2.24. The molecule has 9 heteroatoms. The lowest BCUT2D eigenvalue weighted by Crippen LogP contribution is -2.40. The molecule has 0 radical (unpaired) electrons. The van der Waals surface area contributed by atoms with E-state index in [0.29, 0.717) is 43.5 Å². The fraction of sp³-hybridized carbons (Fsp3) is 0.208. The molecule has 3 aromatic carbocycles. The number of para-hydroxylation sites is 1. The van der Waals surface area contributed by atoms with Crippen LogP contribution < -0.4 is 14.8 Å². The smallest absolute Gasteiger partial charge is 0.262 e. The molecule has 1 saturated heterocycles. The first-order valence-electron chi connectivity index (χ1n) is 10.4. The van der Waals surface area contributed by atoms with Gasteiger partial charge in [-0.2, -0.15) is 4.31 Å². The Morgan fingerprint density at radius 2 is 1.55 bits per heavy atom. The van der Waals surface area contributed by atoms with E-state index < -0.39 is 15.9 Å². The molecule has 1 heterocycles. The standard InChI is InChI=1S/C24H24N2O6S/c27-24(18-31-20-9-11-22(12-10-20)32-21-6-2-1-3-7-21)25-19-5-4-8-23(17-19)33(28,29)26-13-15-30-16-14-26/h1-12,17H,13-16,18H2,(H,25,27). The number of hydrogen-bond donors (Lipinski definition) is 1. The Bertz CT molecular complexity index is 1180. The summed E-state index contributed by atoms with van der Waals surface area (Å²) in [5, 5.41) is 2.68. The van der Waals surface area contributed by atoms with E-state index in [0.717, 1.165) is 5.75 Å². The summed E-state index contributed by atoms with van der Waals surface area (Å²) in [5.74, 6) is 1.48. The highest BCUT2D eigenvalue weighted by molar-refractivity contribution is 7.89. The predicted molar refractivity (Wildman–Crippen MR) is 123 cm³/mol. The van der Waals surface area contributed by atoms with Crippen LogP contribution in [0.1, 0.15) is 0 Å². The second-order valence-corrected chi connectivity index (χ2v) is 9.21. The van der Waals surface area contributed by atoms with Crippen LogP contribution in [0.4, 0.5) is 5.69 Å². The van der Waals surface area contributed by atoms with E-state index in [1.54, 1.807) is 36.4 Å². The van der Waals surface area contributed by atoms with Crippen molar-refractivity contribution in [2.24, 2.45) is 0 Å². The van der Waals surface area contributed by atoms with Gasteiger partial charge in [0.15, 0.2) is 6.61 Å². The van der Waals surface area contributed by atoms with E-state index in [1.807, 2.05) is 30.3 Å². The third-order valence-corrected chi connectivity index (χ3v) is 6.79. The molecule has 3 aromatic rings. The van der Waals surface area contributed by atoms with E-state index >= 15 is 0 Å². The first-order chi connectivity index (χ1) is 16.0. The van der Waals surface area contributed by atoms with Gasteiger partial charge in [0.25, 0.3) is 5.91 Å². The number of hydrogen-bond acceptors (Lipinski definition) is 6. The summed E-state index contributed by atoms with van der Waals surface area (Å²) in [7, 11) is -3.64. The summed E-state index contributed by atoms with van der Waals surface area (Å²) < 4.78 is 43.5. The van der Waals surface area contributed by atoms with Crippen molar-refractivity contribution in [3.8, 4) is 17.2 Å². The first kappa shape index (κ1) is 22.8. The number of carbonyl (C=O) groups excluding carboxylic acids is 1. The predicted octanol–water partition coefficient (Wildman–Crippen LogP) is 3.52. The third kappa shape index (κ3) is 6.10. The Kier molecular flexibility index (Phi) is 7.23. The molecule has 1 N–H and O–H groups in total. The van der Waals surface area contributed by atoms with Crippen LogP contribution in [0.3, 0.4) is 0 Å². The zero-order chi connectivity index (χ0) is 23.1. The Morgan fingerprint density at radius 1 is 0.879 bits per heavy atom. The fourth-order valence-corrected chi connectivity index (χ4v) is 4.70. The summed E-state index contributed by atoms with van der Waals surface area (Å²) in [6, 6.07) is 22.5. The molecule has 0 bridgehead atoms. The van der Waals surface area contributed by atoms with Crippen molar-refractivity contribution >= 4 is 21.6 Å². The average Bonchev–Trinajstić information content (AvgIpc) is 2.85. The summed E-state index contributed by atoms with van der Waals surface area (Å²) in [6.07, 6.45) is 0. The molecule has 0 unspecified atom stereocenters. The Morgan fingerprint density at radius 3 is 2.27 bits per heavy atom. The van der Waals surface area contributed by atoms with Crippen molar-refractivity contribution in [2.75, 3.05) is 38.2 Å². The maximum absolute atomic E-state index is 12.8. The minimum absolute atomic E-state index is 0.122. The number of sulfonamides is 1. The van der Waals surface area contributed by atoms with E-state index in [1.165, 1.54) is 16.4 Å². The number of morpholine rings is 1. The maximum atomic E-state index is 12.8. The van der Waals surface area contributed by atoms with Crippen molar-refractivity contribution in [2.45, 2.75) is 4.90 Å². The van der Waals surface area contributed by atoms with Crippen molar-refractivity contribution < 1.29 is 27.4 Å². The minimum atomic E-state index is -3.64. The summed E-state index contributed by atoms with van der Waals surface area (Å²) >= 11 is 0. The van der Waals surface area contributed by atoms with Crippen LogP contribution >= 0.6 is 0 Å². The summed E-state index contributed by atoms with van der Waals surface area (Å²) in [6.45, 7) is 1.13. The Labute approximate surface area is 192 Å². The van der Waals surface area contributed by atoms with Crippen molar-refractivity contribution in [1.29, 1.82) is 0 Å². The SMILES string of the molecule is O=C(COc1ccc(Oc2ccccc2)cc1)Nc1cccc(S(=O)(=O)N2CCOCC2)c1. The van der Waals surface area contributed by atoms with Crippen LogP contribution in [0.15, 0.2) is 83.8 Å². The molecule has 0 aromatic heterocycles. The molecule has 0 saturated carbocycles. The normalized spacial score (nSPS) is 14.4. The van der Waals surface area contributed by atoms with Crippen LogP contribution in [0.5, 0.6) is 17.2 Å². The van der Waals surface area contributed by atoms with Gasteiger partial charge in [-0.1, -0.05) is 24.3 Å². The molecular weight excluding hydrogens is 444 g/mol. The van der Waals surface area contributed by atoms with Gasteiger partial charge < -0.3 is 19.5 Å². The van der Waals surface area contributed by atoms with Crippen molar-refractivity contribution in [1.82, 2.24) is 4.31 Å². The monoisotopic (exact) mass is 468 g/mol. The number of anilines is 1. The third-order valence-electron chi connectivity index (χ3n) is 4.90. The highest BCUT2D eigenvalue weighted by atomic mass is 32.2. The molecule has 33 heavy (non-hydrogen) atoms. The number of nitrogens with one attached hydrogen (secondary N) is 1. The largest absolute Gasteiger partial charge is 0.484 e. The molecular formula is C24H24N2O6S. The molecule has 4 rings (SSSR count). The molecule has 8 nitrogen and oxygen atoms in total. The lowest BCUT2D eigenvalue weighted by atomic mass is 10.3. The van der Waals surface area contributed by atoms with Gasteiger partial charge in [0, 0.05) is 18.8 Å². The summed E-state index contributed by atoms with van der Waals surface area (Å²) in [4.78, 5) is 12.4. The van der Waals surface area contributed by atoms with Gasteiger partial charge in [0.05, 0.1) is 18.1 Å². The maximum Gasteiger partial charge on any atom is 0.262 e. The highest BCUT2D eigenvalue weighted by Gasteiger charge is 2.26. The van der Waals surface area contributed by atoms with Crippen LogP contribution in [0.2, 0.25) is 0 Å². The van der Waals surface area contributed by atoms with Crippen LogP contribution in [0.25, 0.3) is 0 Å². The van der Waals surface area contributed by atoms with Crippen LogP contribution in [-0.4, -0.2) is 51.5 Å². The number of rotatable bonds is 8. The lowest BCUT2D eigenvalue weighted by molar-refractivity contribution is -0.118. The van der Waals surface area contributed by atoms with Gasteiger partial charge in [0.1, 0.15) is 17.2 Å². The Balaban J connectivity index is 1.31. The van der Waals surface area contributed by atoms with Gasteiger partial charge in [-0.25, -0.2) is 8.42 Å². The number of amides is 1. The number of carbonyl (C=O) groups is 1. The molecule has 1 aliphatic heterocycles. The quantitative estimate of drug-likeness (QED) is 0.544. The number of ether oxygens (including phenoxy) is 3. The van der Waals surface area contributed by atoms with E-state index in [-0.39, 0.29) is 11.5 Å². The second kappa shape index (κ2) is 10.5. The Hall–Kier alpha value is -3.40. The molecule has 1 fully saturated rings. The average molecular weight is 469 g/mol. The lowest BCUT2D eigenvalue weighted by Gasteiger charge is -2.26. The minimum Gasteiger partial charge on any atom is -0.484 e. The number of benzene rings is 3. The zero-order valence-electron chi connectivity index (χ0n) is 17.8. The summed E-state index contributed by atoms with van der Waals surface area (Å²) in [5.41, 5.74) is 0.379. The molecule has 1 amide bonds. The van der Waals surface area contributed by atoms with E-state index in [4.69, 9.17) is 14.2 Å². The van der Waals surface area contributed by atoms with E-state index in [9.17, 15) is 13.2 Å². The molecule has 0 aliphatic carbocycles. The fourth-order valence-electron chi connectivity index (χ4n) is 3.24. The van der Waals surface area contributed by atoms with Crippen LogP contribution in [-0.2, 0) is 19.6 Å². The first-order valence-corrected chi connectivity index (χ1v) is 11.9. The van der Waals surface area contributed by atoms with Gasteiger partial charge in [-0.05, 0) is 54.6 Å². The molecule has 0 spiro atoms. The van der Waals surface area contributed by atoms with Gasteiger partial charge in [-0.15, -0.1) is 0 Å². The van der Waals surface area contributed by atoms with Gasteiger partial charge in [0.2, 0.25) is 10.0 Å². The molecule has 1 aliphatic rings. The van der Waals surface area contributed by atoms with Gasteiger partial charge >= 0.3 is 0 Å². The molecule has 172 valence electrons. The molecule has 0 atom stereocenters. The zero-order valence-corrected chi connectivity index (χ0v) is 18.7. The van der Waals surface area contributed by atoms with E-state index in [2.05, 4.69) is 5.32 Å². The second-order valence-electron chi connectivity index (χ2n) is 7.27. The van der Waals surface area contributed by atoms with Crippen molar-refractivity contribution in [3.63, 3.8) is 0 Å². The number of nitrogens with zero attached hydrogens (tertiary/aromatic N) is 1.